The maximum Gasteiger partial charge on any atom is 0.106 e. The van der Waals surface area contributed by atoms with Crippen molar-refractivity contribution >= 4 is 28.3 Å². The van der Waals surface area contributed by atoms with Crippen molar-refractivity contribution in [1.29, 1.82) is 0 Å². The Balaban J connectivity index is 0.000000980. The molecule has 0 saturated carbocycles. The first-order valence-corrected chi connectivity index (χ1v) is 5.09. The van der Waals surface area contributed by atoms with Crippen molar-refractivity contribution in [2.75, 3.05) is 19.7 Å². The summed E-state index contributed by atoms with van der Waals surface area (Å²) in [6.45, 7) is 2.60. The molecule has 2 rings (SSSR count). The van der Waals surface area contributed by atoms with Crippen LogP contribution in [0.3, 0.4) is 0 Å². The summed E-state index contributed by atoms with van der Waals surface area (Å²) in [4.78, 5) is 4.16. The van der Waals surface area contributed by atoms with E-state index in [4.69, 9.17) is 4.74 Å². The summed E-state index contributed by atoms with van der Waals surface area (Å²) in [5, 5.41) is 3.28. The second kappa shape index (κ2) is 5.66. The van der Waals surface area contributed by atoms with Gasteiger partial charge < -0.3 is 10.1 Å². The molecular weight excluding hydrogens is 267 g/mol. The molecule has 0 aromatic carbocycles. The van der Waals surface area contributed by atoms with Gasteiger partial charge in [-0.25, -0.2) is 4.98 Å². The Kier molecular flexibility index (Phi) is 4.81. The lowest BCUT2D eigenvalue weighted by Gasteiger charge is -2.23. The van der Waals surface area contributed by atoms with Crippen LogP contribution in [0.1, 0.15) is 11.7 Å². The van der Waals surface area contributed by atoms with Gasteiger partial charge in [0.15, 0.2) is 0 Å². The van der Waals surface area contributed by atoms with Gasteiger partial charge in [-0.2, -0.15) is 0 Å². The van der Waals surface area contributed by atoms with Gasteiger partial charge >= 0.3 is 0 Å². The van der Waals surface area contributed by atoms with Crippen molar-refractivity contribution in [1.82, 2.24) is 10.3 Å². The second-order valence-corrected chi connectivity index (χ2v) is 3.79. The number of ether oxygens (including phenoxy) is 1. The van der Waals surface area contributed by atoms with Crippen molar-refractivity contribution in [3.8, 4) is 0 Å². The first-order valence-electron chi connectivity index (χ1n) is 4.30. The van der Waals surface area contributed by atoms with Crippen LogP contribution in [0.4, 0.5) is 0 Å². The molecule has 0 aliphatic carbocycles. The largest absolute Gasteiger partial charge is 0.371 e. The average Bonchev–Trinajstić information content (AvgIpc) is 2.20. The molecule has 1 fully saturated rings. The average molecular weight is 280 g/mol. The highest BCUT2D eigenvalue weighted by atomic mass is 79.9. The van der Waals surface area contributed by atoms with E-state index in [1.807, 2.05) is 18.3 Å². The standard InChI is InChI=1S/C9H11BrN2O.ClH/c10-9-2-1-7(5-12-9)8-6-11-3-4-13-8;/h1-2,5,8,11H,3-4,6H2;1H. The highest BCUT2D eigenvalue weighted by molar-refractivity contribution is 9.10. The molecule has 0 amide bonds. The number of rotatable bonds is 1. The van der Waals surface area contributed by atoms with Gasteiger partial charge in [-0.1, -0.05) is 6.07 Å². The SMILES string of the molecule is Brc1ccc(C2CNCCO2)cn1.Cl. The number of nitrogens with zero attached hydrogens (tertiary/aromatic N) is 1. The highest BCUT2D eigenvalue weighted by Gasteiger charge is 2.15. The number of pyridine rings is 1. The Morgan fingerprint density at radius 2 is 2.36 bits per heavy atom. The maximum absolute atomic E-state index is 5.59. The smallest absolute Gasteiger partial charge is 0.106 e. The molecule has 78 valence electrons. The van der Waals surface area contributed by atoms with E-state index in [0.717, 1.165) is 29.9 Å². The van der Waals surface area contributed by atoms with Gasteiger partial charge in [-0.15, -0.1) is 12.4 Å². The van der Waals surface area contributed by atoms with Crippen molar-refractivity contribution < 1.29 is 4.74 Å². The second-order valence-electron chi connectivity index (χ2n) is 2.98. The van der Waals surface area contributed by atoms with Crippen molar-refractivity contribution in [3.63, 3.8) is 0 Å². The molecule has 1 saturated heterocycles. The lowest BCUT2D eigenvalue weighted by Crippen LogP contribution is -2.33. The molecule has 2 heterocycles. The minimum absolute atomic E-state index is 0. The molecule has 0 spiro atoms. The Hall–Kier alpha value is -0.160. The summed E-state index contributed by atoms with van der Waals surface area (Å²) in [5.74, 6) is 0. The van der Waals surface area contributed by atoms with E-state index in [9.17, 15) is 0 Å². The van der Waals surface area contributed by atoms with Crippen LogP contribution in [-0.4, -0.2) is 24.7 Å². The molecule has 1 aliphatic heterocycles. The molecule has 1 aromatic heterocycles. The topological polar surface area (TPSA) is 34.1 Å². The maximum atomic E-state index is 5.59. The lowest BCUT2D eigenvalue weighted by molar-refractivity contribution is 0.0275. The normalized spacial score (nSPS) is 21.4. The number of hydrogen-bond donors (Lipinski definition) is 1. The van der Waals surface area contributed by atoms with E-state index in [2.05, 4.69) is 26.2 Å². The zero-order chi connectivity index (χ0) is 9.10. The molecule has 3 nitrogen and oxygen atoms in total. The third-order valence-electron chi connectivity index (χ3n) is 2.05. The Morgan fingerprint density at radius 1 is 1.50 bits per heavy atom. The summed E-state index contributed by atoms with van der Waals surface area (Å²) in [6.07, 6.45) is 2.01. The van der Waals surface area contributed by atoms with E-state index >= 15 is 0 Å². The monoisotopic (exact) mass is 278 g/mol. The summed E-state index contributed by atoms with van der Waals surface area (Å²) in [7, 11) is 0. The lowest BCUT2D eigenvalue weighted by atomic mass is 10.1. The third kappa shape index (κ3) is 2.92. The van der Waals surface area contributed by atoms with Gasteiger partial charge in [0.2, 0.25) is 0 Å². The Bertz CT molecular complexity index is 275. The summed E-state index contributed by atoms with van der Waals surface area (Å²) < 4.78 is 6.45. The van der Waals surface area contributed by atoms with Crippen LogP contribution >= 0.6 is 28.3 Å². The van der Waals surface area contributed by atoms with E-state index in [-0.39, 0.29) is 18.5 Å². The van der Waals surface area contributed by atoms with Crippen LogP contribution in [0, 0.1) is 0 Å². The van der Waals surface area contributed by atoms with E-state index in [1.54, 1.807) is 0 Å². The zero-order valence-electron chi connectivity index (χ0n) is 7.57. The Labute approximate surface area is 97.8 Å². The fourth-order valence-electron chi connectivity index (χ4n) is 1.36. The number of halogens is 2. The first kappa shape index (κ1) is 11.9. The number of nitrogens with one attached hydrogen (secondary N) is 1. The molecule has 5 heteroatoms. The van der Waals surface area contributed by atoms with Crippen molar-refractivity contribution in [2.24, 2.45) is 0 Å². The quantitative estimate of drug-likeness (QED) is 0.798. The van der Waals surface area contributed by atoms with Gasteiger partial charge in [0, 0.05) is 24.8 Å². The summed E-state index contributed by atoms with van der Waals surface area (Å²) >= 11 is 3.30. The molecule has 1 unspecified atom stereocenters. The summed E-state index contributed by atoms with van der Waals surface area (Å²) in [5.41, 5.74) is 1.13. The number of hydrogen-bond acceptors (Lipinski definition) is 3. The zero-order valence-corrected chi connectivity index (χ0v) is 9.97. The van der Waals surface area contributed by atoms with Gasteiger partial charge in [-0.3, -0.25) is 0 Å². The van der Waals surface area contributed by atoms with Gasteiger partial charge in [-0.05, 0) is 22.0 Å². The van der Waals surface area contributed by atoms with Crippen LogP contribution in [-0.2, 0) is 4.74 Å². The molecule has 1 N–H and O–H groups in total. The first-order chi connectivity index (χ1) is 6.36. The minimum atomic E-state index is 0. The van der Waals surface area contributed by atoms with Crippen LogP contribution in [0.2, 0.25) is 0 Å². The predicted octanol–water partition coefficient (Wildman–Crippen LogP) is 1.93. The third-order valence-corrected chi connectivity index (χ3v) is 2.52. The van der Waals surface area contributed by atoms with Crippen LogP contribution < -0.4 is 5.32 Å². The molecule has 1 aromatic rings. The predicted molar refractivity (Wildman–Crippen MR) is 60.7 cm³/mol. The molecular formula is C9H12BrClN2O. The fourth-order valence-corrected chi connectivity index (χ4v) is 1.59. The van der Waals surface area contributed by atoms with Gasteiger partial charge in [0.25, 0.3) is 0 Å². The van der Waals surface area contributed by atoms with E-state index < -0.39 is 0 Å². The minimum Gasteiger partial charge on any atom is -0.371 e. The highest BCUT2D eigenvalue weighted by Crippen LogP contribution is 2.18. The number of aromatic nitrogens is 1. The Morgan fingerprint density at radius 3 is 2.93 bits per heavy atom. The van der Waals surface area contributed by atoms with Gasteiger partial charge in [0.1, 0.15) is 4.60 Å². The van der Waals surface area contributed by atoms with Crippen molar-refractivity contribution in [3.05, 3.63) is 28.5 Å². The van der Waals surface area contributed by atoms with E-state index in [1.165, 1.54) is 0 Å². The molecule has 14 heavy (non-hydrogen) atoms. The van der Waals surface area contributed by atoms with Crippen LogP contribution in [0.5, 0.6) is 0 Å². The number of morpholine rings is 1. The molecule has 1 aliphatic rings. The fraction of sp³-hybridized carbons (Fsp3) is 0.444. The molecule has 0 bridgehead atoms. The van der Waals surface area contributed by atoms with E-state index in [0.29, 0.717) is 0 Å². The molecule has 1 atom stereocenters. The van der Waals surface area contributed by atoms with Crippen LogP contribution in [0.25, 0.3) is 0 Å². The van der Waals surface area contributed by atoms with Gasteiger partial charge in [0.05, 0.1) is 12.7 Å². The molecule has 0 radical (unpaired) electrons. The van der Waals surface area contributed by atoms with Crippen LogP contribution in [0.15, 0.2) is 22.9 Å². The van der Waals surface area contributed by atoms with Crippen molar-refractivity contribution in [2.45, 2.75) is 6.10 Å². The summed E-state index contributed by atoms with van der Waals surface area (Å²) in [6, 6.07) is 3.97.